The van der Waals surface area contributed by atoms with Crippen molar-refractivity contribution < 1.29 is 0 Å². The Bertz CT molecular complexity index is 1360. The zero-order chi connectivity index (χ0) is 17.5. The Balaban J connectivity index is 1.82. The first kappa shape index (κ1) is 14.8. The predicted octanol–water partition coefficient (Wildman–Crippen LogP) is 7.67. The molecule has 0 amide bonds. The van der Waals surface area contributed by atoms with Crippen molar-refractivity contribution >= 4 is 52.3 Å². The van der Waals surface area contributed by atoms with Gasteiger partial charge in [-0.05, 0) is 59.2 Å². The van der Waals surface area contributed by atoms with Gasteiger partial charge in [0.15, 0.2) is 0 Å². The molecule has 0 saturated carbocycles. The van der Waals surface area contributed by atoms with Crippen LogP contribution in [0.1, 0.15) is 0 Å². The van der Waals surface area contributed by atoms with Crippen LogP contribution in [0.3, 0.4) is 0 Å². The Hall–Kier alpha value is -2.29. The lowest BCUT2D eigenvalue weighted by Gasteiger charge is -2.28. The van der Waals surface area contributed by atoms with Crippen molar-refractivity contribution in [2.45, 2.75) is 9.79 Å². The summed E-state index contributed by atoms with van der Waals surface area (Å²) in [6.45, 7) is 0. The minimum atomic E-state index is -0.936. The van der Waals surface area contributed by atoms with Crippen LogP contribution in [-0.4, -0.2) is 12.5 Å². The first-order valence-corrected chi connectivity index (χ1v) is 12.1. The first-order chi connectivity index (χ1) is 12.6. The van der Waals surface area contributed by atoms with Crippen molar-refractivity contribution in [1.29, 1.82) is 0 Å². The van der Waals surface area contributed by atoms with Crippen LogP contribution in [0.4, 0.5) is 0 Å². The quantitative estimate of drug-likeness (QED) is 0.262. The largest absolute Gasteiger partial charge is 0.192 e. The van der Waals surface area contributed by atoms with E-state index in [1.165, 1.54) is 51.9 Å². The van der Waals surface area contributed by atoms with E-state index in [2.05, 4.69) is 85.3 Å². The molecule has 1 aromatic heterocycles. The second-order valence-electron chi connectivity index (χ2n) is 7.43. The number of hydrogen-bond donors (Lipinski definition) is 0. The maximum Gasteiger partial charge on any atom is 0.0361 e. The highest BCUT2D eigenvalue weighted by atomic mass is 32.3. The summed E-state index contributed by atoms with van der Waals surface area (Å²) in [7, 11) is -0.936. The van der Waals surface area contributed by atoms with E-state index >= 15 is 0 Å². The SMILES string of the molecule is CS1(C)c2ccccc2-c2c1ccc1cc3sc4ccccc4c3cc21. The van der Waals surface area contributed by atoms with E-state index in [-0.39, 0.29) is 0 Å². The summed E-state index contributed by atoms with van der Waals surface area (Å²) in [5, 5.41) is 5.53. The van der Waals surface area contributed by atoms with Gasteiger partial charge in [0.1, 0.15) is 0 Å². The molecular formula is C24H18S2. The summed E-state index contributed by atoms with van der Waals surface area (Å²) in [5.74, 6) is 0. The smallest absolute Gasteiger partial charge is 0.0361 e. The summed E-state index contributed by atoms with van der Waals surface area (Å²) in [6, 6.07) is 27.3. The molecule has 6 rings (SSSR count). The molecule has 0 bridgehead atoms. The average molecular weight is 371 g/mol. The highest BCUT2D eigenvalue weighted by Crippen LogP contribution is 2.68. The summed E-state index contributed by atoms with van der Waals surface area (Å²) in [4.78, 5) is 3.06. The lowest BCUT2D eigenvalue weighted by Crippen LogP contribution is -1.92. The van der Waals surface area contributed by atoms with Gasteiger partial charge in [-0.25, -0.2) is 0 Å². The van der Waals surface area contributed by atoms with E-state index in [9.17, 15) is 0 Å². The second-order valence-corrected chi connectivity index (χ2v) is 12.0. The van der Waals surface area contributed by atoms with Crippen LogP contribution in [0.2, 0.25) is 0 Å². The van der Waals surface area contributed by atoms with Crippen molar-refractivity contribution in [3.63, 3.8) is 0 Å². The molecule has 5 aromatic rings. The molecule has 0 spiro atoms. The number of rotatable bonds is 0. The summed E-state index contributed by atoms with van der Waals surface area (Å²) < 4.78 is 2.76. The summed E-state index contributed by atoms with van der Waals surface area (Å²) >= 11 is 1.90. The monoisotopic (exact) mass is 370 g/mol. The lowest BCUT2D eigenvalue weighted by molar-refractivity contribution is 1.47. The van der Waals surface area contributed by atoms with E-state index in [1.807, 2.05) is 11.3 Å². The van der Waals surface area contributed by atoms with Crippen LogP contribution in [0, 0.1) is 0 Å². The normalized spacial score (nSPS) is 16.1. The van der Waals surface area contributed by atoms with Gasteiger partial charge in [-0.1, -0.05) is 42.5 Å². The first-order valence-electron chi connectivity index (χ1n) is 8.85. The van der Waals surface area contributed by atoms with Gasteiger partial charge in [0, 0.05) is 35.5 Å². The Morgan fingerprint density at radius 2 is 1.46 bits per heavy atom. The van der Waals surface area contributed by atoms with Crippen LogP contribution >= 0.6 is 21.4 Å². The minimum absolute atomic E-state index is 0.936. The molecule has 2 heteroatoms. The fourth-order valence-corrected chi connectivity index (χ4v) is 8.11. The second kappa shape index (κ2) is 4.91. The molecule has 0 saturated heterocycles. The van der Waals surface area contributed by atoms with Crippen molar-refractivity contribution in [1.82, 2.24) is 0 Å². The third kappa shape index (κ3) is 1.76. The van der Waals surface area contributed by atoms with Gasteiger partial charge in [-0.15, -0.1) is 11.3 Å². The number of thiophene rings is 1. The van der Waals surface area contributed by atoms with E-state index < -0.39 is 10.0 Å². The molecule has 2 heterocycles. The predicted molar refractivity (Wildman–Crippen MR) is 118 cm³/mol. The molecule has 1 aliphatic heterocycles. The van der Waals surface area contributed by atoms with Gasteiger partial charge < -0.3 is 0 Å². The Morgan fingerprint density at radius 1 is 0.654 bits per heavy atom. The Labute approximate surface area is 158 Å². The van der Waals surface area contributed by atoms with Crippen LogP contribution in [0.15, 0.2) is 82.6 Å². The van der Waals surface area contributed by atoms with Crippen LogP contribution in [0.5, 0.6) is 0 Å². The molecule has 0 aliphatic carbocycles. The van der Waals surface area contributed by atoms with Gasteiger partial charge in [0.25, 0.3) is 0 Å². The molecule has 0 fully saturated rings. The zero-order valence-corrected chi connectivity index (χ0v) is 16.4. The zero-order valence-electron chi connectivity index (χ0n) is 14.7. The fourth-order valence-electron chi connectivity index (χ4n) is 4.46. The Morgan fingerprint density at radius 3 is 2.38 bits per heavy atom. The van der Waals surface area contributed by atoms with E-state index in [0.717, 1.165) is 0 Å². The lowest BCUT2D eigenvalue weighted by atomic mass is 9.97. The van der Waals surface area contributed by atoms with Crippen molar-refractivity contribution in [2.75, 3.05) is 12.5 Å². The van der Waals surface area contributed by atoms with Gasteiger partial charge in [0.2, 0.25) is 0 Å². The Kier molecular flexibility index (Phi) is 2.80. The van der Waals surface area contributed by atoms with E-state index in [0.29, 0.717) is 0 Å². The maximum absolute atomic E-state index is 2.44. The molecule has 0 radical (unpaired) electrons. The molecule has 126 valence electrons. The number of fused-ring (bicyclic) bond motifs is 8. The molecular weight excluding hydrogens is 352 g/mol. The van der Waals surface area contributed by atoms with Gasteiger partial charge in [0.05, 0.1) is 0 Å². The van der Waals surface area contributed by atoms with Crippen molar-refractivity contribution in [2.24, 2.45) is 0 Å². The van der Waals surface area contributed by atoms with Gasteiger partial charge in [-0.2, -0.15) is 10.0 Å². The van der Waals surface area contributed by atoms with Crippen molar-refractivity contribution in [3.05, 3.63) is 72.8 Å². The molecule has 4 aromatic carbocycles. The minimum Gasteiger partial charge on any atom is -0.192 e. The third-order valence-electron chi connectivity index (χ3n) is 5.73. The van der Waals surface area contributed by atoms with Gasteiger partial charge in [-0.3, -0.25) is 0 Å². The third-order valence-corrected chi connectivity index (χ3v) is 9.76. The van der Waals surface area contributed by atoms with Crippen LogP contribution in [-0.2, 0) is 0 Å². The molecule has 0 unspecified atom stereocenters. The molecule has 0 atom stereocenters. The number of benzene rings is 4. The highest BCUT2D eigenvalue weighted by Gasteiger charge is 2.32. The molecule has 0 N–H and O–H groups in total. The summed E-state index contributed by atoms with van der Waals surface area (Å²) in [5.41, 5.74) is 2.90. The van der Waals surface area contributed by atoms with Crippen LogP contribution < -0.4 is 0 Å². The molecule has 0 nitrogen and oxygen atoms in total. The van der Waals surface area contributed by atoms with Crippen molar-refractivity contribution in [3.8, 4) is 11.1 Å². The maximum atomic E-state index is 2.44. The highest BCUT2D eigenvalue weighted by molar-refractivity contribution is 8.33. The topological polar surface area (TPSA) is 0 Å². The molecule has 1 aliphatic rings. The van der Waals surface area contributed by atoms with E-state index in [1.54, 1.807) is 0 Å². The summed E-state index contributed by atoms with van der Waals surface area (Å²) in [6.07, 6.45) is 4.87. The van der Waals surface area contributed by atoms with Crippen LogP contribution in [0.25, 0.3) is 42.1 Å². The average Bonchev–Trinajstić information content (AvgIpc) is 3.13. The van der Waals surface area contributed by atoms with Gasteiger partial charge >= 0.3 is 0 Å². The number of hydrogen-bond acceptors (Lipinski definition) is 1. The molecule has 26 heavy (non-hydrogen) atoms. The fraction of sp³-hybridized carbons (Fsp3) is 0.0833. The standard InChI is InChI=1S/C24H18S2/c1-26(2)22-10-6-4-8-17(22)24-18-14-19-16-7-3-5-9-20(16)25-21(19)13-15(18)11-12-23(24)26/h3-14H,1-2H3. The van der Waals surface area contributed by atoms with E-state index in [4.69, 9.17) is 0 Å².